The maximum absolute atomic E-state index is 12.4. The minimum absolute atomic E-state index is 0.396. The molecule has 0 fully saturated rings. The number of alkyl halides is 3. The van der Waals surface area contributed by atoms with Gasteiger partial charge in [-0.1, -0.05) is 6.07 Å². The topological polar surface area (TPSA) is 49.3 Å². The molecule has 82 valence electrons. The van der Waals surface area contributed by atoms with Gasteiger partial charge >= 0.3 is 12.1 Å². The molecule has 3 nitrogen and oxygen atoms in total. The van der Waals surface area contributed by atoms with Crippen molar-refractivity contribution in [3.05, 3.63) is 29.3 Å². The number of nitrogens with one attached hydrogen (secondary N) is 1. The molecule has 0 aliphatic carbocycles. The van der Waals surface area contributed by atoms with Crippen molar-refractivity contribution in [3.63, 3.8) is 0 Å². The Balaban J connectivity index is 3.42. The van der Waals surface area contributed by atoms with Crippen molar-refractivity contribution in [1.82, 2.24) is 0 Å². The van der Waals surface area contributed by atoms with E-state index in [1.807, 2.05) is 0 Å². The van der Waals surface area contributed by atoms with Gasteiger partial charge in [0.1, 0.15) is 0 Å². The van der Waals surface area contributed by atoms with Crippen molar-refractivity contribution in [2.45, 2.75) is 6.18 Å². The fraction of sp³-hybridized carbons (Fsp3) is 0.222. The van der Waals surface area contributed by atoms with Crippen LogP contribution in [0.15, 0.2) is 18.2 Å². The molecule has 0 aliphatic heterocycles. The highest BCUT2D eigenvalue weighted by molar-refractivity contribution is 5.95. The van der Waals surface area contributed by atoms with E-state index in [2.05, 4.69) is 5.32 Å². The van der Waals surface area contributed by atoms with Crippen LogP contribution in [0.4, 0.5) is 18.9 Å². The minimum Gasteiger partial charge on any atom is -0.478 e. The van der Waals surface area contributed by atoms with E-state index in [9.17, 15) is 18.0 Å². The highest BCUT2D eigenvalue weighted by Crippen LogP contribution is 2.36. The highest BCUT2D eigenvalue weighted by Gasteiger charge is 2.34. The second kappa shape index (κ2) is 3.80. The van der Waals surface area contributed by atoms with E-state index in [1.54, 1.807) is 0 Å². The third kappa shape index (κ3) is 2.20. The van der Waals surface area contributed by atoms with Crippen LogP contribution in [-0.4, -0.2) is 18.1 Å². The number of benzene rings is 1. The molecular weight excluding hydrogens is 211 g/mol. The Hall–Kier alpha value is -1.72. The van der Waals surface area contributed by atoms with Crippen LogP contribution in [-0.2, 0) is 6.18 Å². The summed E-state index contributed by atoms with van der Waals surface area (Å²) in [5, 5.41) is 10.9. The van der Waals surface area contributed by atoms with Gasteiger partial charge in [-0.2, -0.15) is 13.2 Å². The summed E-state index contributed by atoms with van der Waals surface area (Å²) in [5.74, 6) is -1.40. The minimum atomic E-state index is -4.57. The molecule has 0 spiro atoms. The van der Waals surface area contributed by atoms with Crippen LogP contribution in [0.5, 0.6) is 0 Å². The number of para-hydroxylation sites is 1. The Kier molecular flexibility index (Phi) is 2.88. The zero-order chi connectivity index (χ0) is 11.6. The first-order valence-corrected chi connectivity index (χ1v) is 3.99. The fourth-order valence-electron chi connectivity index (χ4n) is 1.24. The smallest absolute Gasteiger partial charge is 0.418 e. The number of carboxylic acids is 1. The Bertz CT molecular complexity index is 387. The van der Waals surface area contributed by atoms with Gasteiger partial charge in [0.25, 0.3) is 0 Å². The number of hydrogen-bond donors (Lipinski definition) is 2. The lowest BCUT2D eigenvalue weighted by Gasteiger charge is -2.14. The first-order chi connectivity index (χ1) is 6.88. The number of rotatable bonds is 2. The number of anilines is 1. The molecule has 0 unspecified atom stereocenters. The standard InChI is InChI=1S/C9H8F3NO2/c1-13-7-5(8(14)15)3-2-4-6(7)9(10,11)12/h2-4,13H,1H3,(H,14,15). The molecule has 2 N–H and O–H groups in total. The van der Waals surface area contributed by atoms with Gasteiger partial charge in [0, 0.05) is 7.05 Å². The molecule has 15 heavy (non-hydrogen) atoms. The maximum atomic E-state index is 12.4. The normalized spacial score (nSPS) is 11.2. The van der Waals surface area contributed by atoms with E-state index in [1.165, 1.54) is 7.05 Å². The predicted molar refractivity (Wildman–Crippen MR) is 48.0 cm³/mol. The lowest BCUT2D eigenvalue weighted by molar-refractivity contribution is -0.136. The largest absolute Gasteiger partial charge is 0.478 e. The third-order valence-corrected chi connectivity index (χ3v) is 1.85. The van der Waals surface area contributed by atoms with E-state index in [4.69, 9.17) is 5.11 Å². The average Bonchev–Trinajstić information content (AvgIpc) is 2.15. The number of carbonyl (C=O) groups is 1. The molecule has 0 radical (unpaired) electrons. The summed E-state index contributed by atoms with van der Waals surface area (Å²) in [6, 6.07) is 3.01. The van der Waals surface area contributed by atoms with Gasteiger partial charge in [-0.15, -0.1) is 0 Å². The van der Waals surface area contributed by atoms with Crippen LogP contribution in [0.25, 0.3) is 0 Å². The van der Waals surface area contributed by atoms with Crippen LogP contribution in [0.1, 0.15) is 15.9 Å². The van der Waals surface area contributed by atoms with Gasteiger partial charge in [0.2, 0.25) is 0 Å². The molecule has 1 aromatic carbocycles. The average molecular weight is 219 g/mol. The number of aromatic carboxylic acids is 1. The second-order valence-corrected chi connectivity index (χ2v) is 2.78. The van der Waals surface area contributed by atoms with Crippen molar-refractivity contribution >= 4 is 11.7 Å². The molecule has 0 aliphatic rings. The molecule has 0 amide bonds. The Morgan fingerprint density at radius 2 is 2.00 bits per heavy atom. The summed E-state index contributed by atoms with van der Waals surface area (Å²) in [5.41, 5.74) is -1.80. The van der Waals surface area contributed by atoms with Gasteiger partial charge in [-0.3, -0.25) is 0 Å². The summed E-state index contributed by atoms with van der Waals surface area (Å²) < 4.78 is 37.3. The van der Waals surface area contributed by atoms with Gasteiger partial charge in [0.15, 0.2) is 0 Å². The zero-order valence-corrected chi connectivity index (χ0v) is 7.72. The Morgan fingerprint density at radius 1 is 1.40 bits per heavy atom. The molecular formula is C9H8F3NO2. The van der Waals surface area contributed by atoms with Gasteiger partial charge < -0.3 is 10.4 Å². The van der Waals surface area contributed by atoms with Gasteiger partial charge in [-0.25, -0.2) is 4.79 Å². The molecule has 1 rings (SSSR count). The van der Waals surface area contributed by atoms with Gasteiger partial charge in [0.05, 0.1) is 16.8 Å². The van der Waals surface area contributed by atoms with Crippen molar-refractivity contribution in [2.75, 3.05) is 12.4 Å². The molecule has 0 bridgehead atoms. The van der Waals surface area contributed by atoms with Crippen molar-refractivity contribution in [3.8, 4) is 0 Å². The van der Waals surface area contributed by atoms with E-state index < -0.39 is 29.0 Å². The third-order valence-electron chi connectivity index (χ3n) is 1.85. The molecule has 0 heterocycles. The van der Waals surface area contributed by atoms with Crippen molar-refractivity contribution < 1.29 is 23.1 Å². The Morgan fingerprint density at radius 3 is 2.40 bits per heavy atom. The Labute approximate surface area is 83.5 Å². The quantitative estimate of drug-likeness (QED) is 0.803. The summed E-state index contributed by atoms with van der Waals surface area (Å²) in [4.78, 5) is 10.7. The highest BCUT2D eigenvalue weighted by atomic mass is 19.4. The van der Waals surface area contributed by atoms with E-state index in [-0.39, 0.29) is 0 Å². The van der Waals surface area contributed by atoms with Crippen LogP contribution in [0.3, 0.4) is 0 Å². The van der Waals surface area contributed by atoms with E-state index in [0.29, 0.717) is 0 Å². The SMILES string of the molecule is CNc1c(C(=O)O)cccc1C(F)(F)F. The number of carboxylic acid groups (broad SMARTS) is 1. The first-order valence-electron chi connectivity index (χ1n) is 3.99. The van der Waals surface area contributed by atoms with E-state index in [0.717, 1.165) is 18.2 Å². The maximum Gasteiger partial charge on any atom is 0.418 e. The van der Waals surface area contributed by atoms with Crippen LogP contribution in [0.2, 0.25) is 0 Å². The second-order valence-electron chi connectivity index (χ2n) is 2.78. The van der Waals surface area contributed by atoms with Crippen molar-refractivity contribution in [1.29, 1.82) is 0 Å². The zero-order valence-electron chi connectivity index (χ0n) is 7.72. The monoisotopic (exact) mass is 219 g/mol. The lowest BCUT2D eigenvalue weighted by atomic mass is 10.1. The first kappa shape index (κ1) is 11.4. The summed E-state index contributed by atoms with van der Waals surface area (Å²) in [7, 11) is 1.25. The van der Waals surface area contributed by atoms with Crippen LogP contribution >= 0.6 is 0 Å². The molecule has 0 aromatic heterocycles. The summed E-state index contributed by atoms with van der Waals surface area (Å²) in [6.45, 7) is 0. The molecule has 0 atom stereocenters. The lowest BCUT2D eigenvalue weighted by Crippen LogP contribution is -2.12. The predicted octanol–water partition coefficient (Wildman–Crippen LogP) is 2.45. The van der Waals surface area contributed by atoms with Gasteiger partial charge in [-0.05, 0) is 12.1 Å². The molecule has 1 aromatic rings. The fourth-order valence-corrected chi connectivity index (χ4v) is 1.24. The van der Waals surface area contributed by atoms with E-state index >= 15 is 0 Å². The summed E-state index contributed by atoms with van der Waals surface area (Å²) >= 11 is 0. The molecule has 0 saturated carbocycles. The number of halogens is 3. The number of hydrogen-bond acceptors (Lipinski definition) is 2. The molecule has 6 heteroatoms. The van der Waals surface area contributed by atoms with Crippen molar-refractivity contribution in [2.24, 2.45) is 0 Å². The molecule has 0 saturated heterocycles. The van der Waals surface area contributed by atoms with Crippen LogP contribution in [0, 0.1) is 0 Å². The summed E-state index contributed by atoms with van der Waals surface area (Å²) in [6.07, 6.45) is -4.57. The van der Waals surface area contributed by atoms with Crippen LogP contribution < -0.4 is 5.32 Å².